The van der Waals surface area contributed by atoms with Gasteiger partial charge in [-0.3, -0.25) is 0 Å². The van der Waals surface area contributed by atoms with Gasteiger partial charge in [-0.25, -0.2) is 0 Å². The van der Waals surface area contributed by atoms with Crippen LogP contribution in [-0.4, -0.2) is 0 Å². The predicted octanol–water partition coefficient (Wildman–Crippen LogP) is 8.05. The second kappa shape index (κ2) is 9.95. The molecule has 3 aromatic rings. The maximum Gasteiger partial charge on any atom is 0.421 e. The highest BCUT2D eigenvalue weighted by atomic mass is 32.2. The Morgan fingerprint density at radius 2 is 1.26 bits per heavy atom. The van der Waals surface area contributed by atoms with Crippen molar-refractivity contribution in [3.63, 3.8) is 0 Å². The summed E-state index contributed by atoms with van der Waals surface area (Å²) in [6.45, 7) is 8.36. The van der Waals surface area contributed by atoms with Crippen LogP contribution in [0.3, 0.4) is 0 Å². The van der Waals surface area contributed by atoms with E-state index in [4.69, 9.17) is 0 Å². The van der Waals surface area contributed by atoms with E-state index in [9.17, 15) is 13.2 Å². The normalized spacial score (nSPS) is 12.7. The molecule has 0 nitrogen and oxygen atoms in total. The Morgan fingerprint density at radius 3 is 1.81 bits per heavy atom. The highest BCUT2D eigenvalue weighted by Gasteiger charge is 2.42. The van der Waals surface area contributed by atoms with Crippen molar-refractivity contribution in [3.05, 3.63) is 88.5 Å². The van der Waals surface area contributed by atoms with Crippen LogP contribution < -0.4 is 0 Å². The maximum atomic E-state index is 14.0. The van der Waals surface area contributed by atoms with Gasteiger partial charge < -0.3 is 0 Å². The molecule has 0 fully saturated rings. The van der Waals surface area contributed by atoms with Crippen molar-refractivity contribution in [1.29, 1.82) is 0 Å². The Labute approximate surface area is 186 Å². The SMILES string of the molecule is CCc1cc(CC)cc([S+](c2ccc(CC)cc2CC)c2ccccc2C(F)(F)F)c1. The molecule has 3 rings (SSSR count). The quantitative estimate of drug-likeness (QED) is 0.324. The van der Waals surface area contributed by atoms with E-state index in [2.05, 4.69) is 64.1 Å². The number of aryl methyl sites for hydroxylation is 4. The molecule has 0 saturated carbocycles. The molecule has 0 aromatic heterocycles. The molecule has 0 heterocycles. The van der Waals surface area contributed by atoms with E-state index in [0.29, 0.717) is 4.90 Å². The third-order valence-electron chi connectivity index (χ3n) is 5.62. The summed E-state index contributed by atoms with van der Waals surface area (Å²) in [6, 6.07) is 18.7. The van der Waals surface area contributed by atoms with Crippen LogP contribution in [0.5, 0.6) is 0 Å². The van der Waals surface area contributed by atoms with Gasteiger partial charge >= 0.3 is 6.18 Å². The average Bonchev–Trinajstić information content (AvgIpc) is 2.78. The molecule has 0 aliphatic rings. The summed E-state index contributed by atoms with van der Waals surface area (Å²) in [6.07, 6.45) is -0.989. The number of alkyl halides is 3. The van der Waals surface area contributed by atoms with Crippen molar-refractivity contribution < 1.29 is 13.2 Å². The molecule has 0 spiro atoms. The molecule has 1 atom stereocenters. The fourth-order valence-electron chi connectivity index (χ4n) is 3.83. The smallest absolute Gasteiger partial charge is 0.166 e. The summed E-state index contributed by atoms with van der Waals surface area (Å²) in [7, 11) is -0.838. The maximum absolute atomic E-state index is 14.0. The predicted molar refractivity (Wildman–Crippen MR) is 124 cm³/mol. The number of hydrogen-bond acceptors (Lipinski definition) is 0. The lowest BCUT2D eigenvalue weighted by Gasteiger charge is -2.17. The first-order valence-corrected chi connectivity index (χ1v) is 12.2. The van der Waals surface area contributed by atoms with E-state index < -0.39 is 22.6 Å². The average molecular weight is 444 g/mol. The van der Waals surface area contributed by atoms with Gasteiger partial charge in [0.1, 0.15) is 16.5 Å². The minimum atomic E-state index is -4.40. The molecule has 0 aliphatic carbocycles. The van der Waals surface area contributed by atoms with Crippen LogP contribution in [0, 0.1) is 0 Å². The van der Waals surface area contributed by atoms with Crippen molar-refractivity contribution >= 4 is 10.9 Å². The second-order valence-corrected chi connectivity index (χ2v) is 9.61. The van der Waals surface area contributed by atoms with Crippen molar-refractivity contribution in [2.24, 2.45) is 0 Å². The lowest BCUT2D eigenvalue weighted by Crippen LogP contribution is -2.16. The van der Waals surface area contributed by atoms with Crippen LogP contribution in [0.2, 0.25) is 0 Å². The molecule has 3 aromatic carbocycles. The molecule has 31 heavy (non-hydrogen) atoms. The van der Waals surface area contributed by atoms with E-state index in [1.807, 2.05) is 0 Å². The zero-order valence-corrected chi connectivity index (χ0v) is 19.5. The standard InChI is InChI=1S/C27H30F3S/c1-5-19-13-14-25(22(8-4)16-19)31(23-17-20(6-2)15-21(7-3)18-23)26-12-10-9-11-24(26)27(28,29)30/h9-18H,5-8H2,1-4H3/q+1. The summed E-state index contributed by atoms with van der Waals surface area (Å²) in [5.41, 5.74) is 4.13. The first-order chi connectivity index (χ1) is 14.8. The van der Waals surface area contributed by atoms with Crippen LogP contribution in [0.15, 0.2) is 75.4 Å². The topological polar surface area (TPSA) is 0 Å². The first-order valence-electron chi connectivity index (χ1n) is 11.0. The lowest BCUT2D eigenvalue weighted by atomic mass is 10.1. The molecule has 0 N–H and O–H groups in total. The van der Waals surface area contributed by atoms with Crippen molar-refractivity contribution in [1.82, 2.24) is 0 Å². The van der Waals surface area contributed by atoms with Crippen LogP contribution in [0.1, 0.15) is 55.5 Å². The third-order valence-corrected chi connectivity index (χ3v) is 7.97. The van der Waals surface area contributed by atoms with E-state index in [0.717, 1.165) is 41.0 Å². The molecule has 0 aliphatic heterocycles. The van der Waals surface area contributed by atoms with E-state index >= 15 is 0 Å². The molecular formula is C27H30F3S+. The van der Waals surface area contributed by atoms with Crippen LogP contribution >= 0.6 is 0 Å². The molecule has 4 heteroatoms. The van der Waals surface area contributed by atoms with Gasteiger partial charge in [-0.05, 0) is 72.7 Å². The van der Waals surface area contributed by atoms with Gasteiger partial charge in [-0.15, -0.1) is 0 Å². The van der Waals surface area contributed by atoms with Gasteiger partial charge in [0.25, 0.3) is 0 Å². The zero-order valence-electron chi connectivity index (χ0n) is 18.6. The highest BCUT2D eigenvalue weighted by molar-refractivity contribution is 7.97. The number of hydrogen-bond donors (Lipinski definition) is 0. The van der Waals surface area contributed by atoms with Gasteiger partial charge in [-0.1, -0.05) is 58.0 Å². The molecule has 0 bridgehead atoms. The fourth-order valence-corrected chi connectivity index (χ4v) is 6.41. The number of rotatable bonds is 7. The Hall–Kier alpha value is -2.20. The summed E-state index contributed by atoms with van der Waals surface area (Å²) in [5.74, 6) is 0. The summed E-state index contributed by atoms with van der Waals surface area (Å²) >= 11 is 0. The fraction of sp³-hybridized carbons (Fsp3) is 0.333. The van der Waals surface area contributed by atoms with Crippen molar-refractivity contribution in [3.8, 4) is 0 Å². The van der Waals surface area contributed by atoms with E-state index in [1.165, 1.54) is 28.8 Å². The van der Waals surface area contributed by atoms with Gasteiger partial charge in [0.15, 0.2) is 14.7 Å². The van der Waals surface area contributed by atoms with Crippen molar-refractivity contribution in [2.45, 2.75) is 74.2 Å². The number of halogens is 3. The Kier molecular flexibility index (Phi) is 7.53. The monoisotopic (exact) mass is 443 g/mol. The van der Waals surface area contributed by atoms with E-state index in [1.54, 1.807) is 12.1 Å². The van der Waals surface area contributed by atoms with E-state index in [-0.39, 0.29) is 0 Å². The zero-order chi connectivity index (χ0) is 22.6. The first kappa shape index (κ1) is 23.5. The molecule has 0 saturated heterocycles. The highest BCUT2D eigenvalue weighted by Crippen LogP contribution is 2.42. The van der Waals surface area contributed by atoms with Gasteiger partial charge in [0, 0.05) is 5.56 Å². The largest absolute Gasteiger partial charge is 0.421 e. The van der Waals surface area contributed by atoms with Crippen LogP contribution in [0.4, 0.5) is 13.2 Å². The summed E-state index contributed by atoms with van der Waals surface area (Å²) in [5, 5.41) is 0. The molecule has 164 valence electrons. The molecule has 0 radical (unpaired) electrons. The third kappa shape index (κ3) is 5.17. The molecule has 1 unspecified atom stereocenters. The van der Waals surface area contributed by atoms with Gasteiger partial charge in [0.2, 0.25) is 0 Å². The number of benzene rings is 3. The minimum absolute atomic E-state index is 0.351. The summed E-state index contributed by atoms with van der Waals surface area (Å²) < 4.78 is 42.1. The van der Waals surface area contributed by atoms with Crippen LogP contribution in [-0.2, 0) is 42.8 Å². The molecular weight excluding hydrogens is 413 g/mol. The van der Waals surface area contributed by atoms with Gasteiger partial charge in [-0.2, -0.15) is 13.2 Å². The van der Waals surface area contributed by atoms with Crippen molar-refractivity contribution in [2.75, 3.05) is 0 Å². The Balaban J connectivity index is 2.35. The Morgan fingerprint density at radius 1 is 0.645 bits per heavy atom. The lowest BCUT2D eigenvalue weighted by molar-refractivity contribution is -0.139. The van der Waals surface area contributed by atoms with Crippen LogP contribution in [0.25, 0.3) is 0 Å². The minimum Gasteiger partial charge on any atom is -0.166 e. The van der Waals surface area contributed by atoms with Gasteiger partial charge in [0.05, 0.1) is 0 Å². The second-order valence-electron chi connectivity index (χ2n) is 7.64. The molecule has 0 amide bonds. The summed E-state index contributed by atoms with van der Waals surface area (Å²) in [4.78, 5) is 2.31. The Bertz CT molecular complexity index is 1010.